The lowest BCUT2D eigenvalue weighted by Crippen LogP contribution is -2.22. The molecule has 0 aromatic heterocycles. The highest BCUT2D eigenvalue weighted by Crippen LogP contribution is 2.35. The molecule has 0 unspecified atom stereocenters. The van der Waals surface area contributed by atoms with Crippen LogP contribution in [0.25, 0.3) is 0 Å². The molecule has 0 fully saturated rings. The van der Waals surface area contributed by atoms with Gasteiger partial charge in [0.1, 0.15) is 11.5 Å². The van der Waals surface area contributed by atoms with E-state index in [1.165, 1.54) is 14.2 Å². The van der Waals surface area contributed by atoms with Crippen molar-refractivity contribution in [3.63, 3.8) is 0 Å². The highest BCUT2D eigenvalue weighted by molar-refractivity contribution is 6.35. The van der Waals surface area contributed by atoms with Gasteiger partial charge in [-0.1, -0.05) is 34.8 Å². The van der Waals surface area contributed by atoms with Gasteiger partial charge in [0.2, 0.25) is 5.91 Å². The molecule has 1 amide bonds. The van der Waals surface area contributed by atoms with Crippen LogP contribution in [0.5, 0.6) is 11.5 Å². The number of carbonyl (C=O) groups is 1. The van der Waals surface area contributed by atoms with E-state index >= 15 is 0 Å². The Hall–Kier alpha value is -1.82. The maximum Gasteiger partial charge on any atom is 0.243 e. The van der Waals surface area contributed by atoms with Gasteiger partial charge in [0, 0.05) is 27.9 Å². The Labute approximate surface area is 154 Å². The van der Waals surface area contributed by atoms with Crippen molar-refractivity contribution in [3.05, 3.63) is 45.4 Å². The summed E-state index contributed by atoms with van der Waals surface area (Å²) in [5.41, 5.74) is 1.10. The van der Waals surface area contributed by atoms with Gasteiger partial charge in [-0.3, -0.25) is 4.79 Å². The Morgan fingerprint density at radius 1 is 0.958 bits per heavy atom. The second kappa shape index (κ2) is 8.33. The minimum atomic E-state index is -0.274. The van der Waals surface area contributed by atoms with Gasteiger partial charge in [0.25, 0.3) is 0 Å². The molecule has 0 aliphatic heterocycles. The van der Waals surface area contributed by atoms with E-state index in [9.17, 15) is 4.79 Å². The van der Waals surface area contributed by atoms with E-state index in [1.54, 1.807) is 30.3 Å². The van der Waals surface area contributed by atoms with E-state index in [0.717, 1.165) is 0 Å². The fraction of sp³-hybridized carbons (Fsp3) is 0.188. The zero-order valence-electron chi connectivity index (χ0n) is 13.0. The third kappa shape index (κ3) is 4.84. The van der Waals surface area contributed by atoms with Crippen LogP contribution in [-0.4, -0.2) is 26.7 Å². The first-order valence-corrected chi connectivity index (χ1v) is 7.97. The Kier molecular flexibility index (Phi) is 6.43. The molecule has 0 atom stereocenters. The normalized spacial score (nSPS) is 10.2. The average molecular weight is 390 g/mol. The summed E-state index contributed by atoms with van der Waals surface area (Å²) in [6.45, 7) is 0.00524. The van der Waals surface area contributed by atoms with E-state index in [2.05, 4.69) is 10.6 Å². The largest absolute Gasteiger partial charge is 0.495 e. The zero-order valence-corrected chi connectivity index (χ0v) is 15.2. The lowest BCUT2D eigenvalue weighted by Gasteiger charge is -2.14. The van der Waals surface area contributed by atoms with E-state index in [4.69, 9.17) is 44.3 Å². The lowest BCUT2D eigenvalue weighted by molar-refractivity contribution is -0.114. The summed E-state index contributed by atoms with van der Waals surface area (Å²) in [7, 11) is 3.02. The van der Waals surface area contributed by atoms with Gasteiger partial charge in [-0.2, -0.15) is 0 Å². The average Bonchev–Trinajstić information content (AvgIpc) is 2.52. The van der Waals surface area contributed by atoms with E-state index in [-0.39, 0.29) is 12.5 Å². The van der Waals surface area contributed by atoms with Crippen LogP contribution in [0.4, 0.5) is 11.4 Å². The molecule has 0 aliphatic rings. The molecule has 2 rings (SSSR count). The Bertz CT molecular complexity index is 733. The quantitative estimate of drug-likeness (QED) is 0.751. The summed E-state index contributed by atoms with van der Waals surface area (Å²) >= 11 is 17.8. The molecule has 2 aromatic rings. The predicted molar refractivity (Wildman–Crippen MR) is 98.1 cm³/mol. The van der Waals surface area contributed by atoms with E-state index in [0.29, 0.717) is 37.9 Å². The number of carbonyl (C=O) groups excluding carboxylic acids is 1. The predicted octanol–water partition coefficient (Wildman–Crippen LogP) is 4.71. The second-order valence-corrected chi connectivity index (χ2v) is 6.03. The third-order valence-corrected chi connectivity index (χ3v) is 3.79. The van der Waals surface area contributed by atoms with Gasteiger partial charge in [-0.05, 0) is 18.2 Å². The Morgan fingerprint density at radius 2 is 1.58 bits per heavy atom. The molecule has 5 nitrogen and oxygen atoms in total. The maximum atomic E-state index is 12.1. The number of benzene rings is 2. The molecule has 0 aliphatic carbocycles. The van der Waals surface area contributed by atoms with Crippen LogP contribution in [0, 0.1) is 0 Å². The number of rotatable bonds is 6. The summed E-state index contributed by atoms with van der Waals surface area (Å²) in [6, 6.07) is 8.07. The first-order chi connectivity index (χ1) is 11.4. The first kappa shape index (κ1) is 18.5. The molecule has 0 radical (unpaired) electrons. The molecule has 2 aromatic carbocycles. The molecule has 0 saturated carbocycles. The van der Waals surface area contributed by atoms with Gasteiger partial charge in [-0.25, -0.2) is 0 Å². The maximum absolute atomic E-state index is 12.1. The van der Waals surface area contributed by atoms with E-state index < -0.39 is 0 Å². The highest BCUT2D eigenvalue weighted by atomic mass is 35.5. The number of anilines is 2. The van der Waals surface area contributed by atoms with Gasteiger partial charge < -0.3 is 20.1 Å². The summed E-state index contributed by atoms with van der Waals surface area (Å²) < 4.78 is 10.4. The Morgan fingerprint density at radius 3 is 2.17 bits per heavy atom. The molecular weight excluding hydrogens is 375 g/mol. The van der Waals surface area contributed by atoms with Crippen LogP contribution in [0.2, 0.25) is 15.1 Å². The van der Waals surface area contributed by atoms with E-state index in [1.807, 2.05) is 0 Å². The zero-order chi connectivity index (χ0) is 17.7. The van der Waals surface area contributed by atoms with Crippen molar-refractivity contribution in [1.29, 1.82) is 0 Å². The molecule has 0 saturated heterocycles. The van der Waals surface area contributed by atoms with Crippen molar-refractivity contribution in [2.75, 3.05) is 31.4 Å². The summed E-state index contributed by atoms with van der Waals surface area (Å²) in [6.07, 6.45) is 0. The summed E-state index contributed by atoms with van der Waals surface area (Å²) in [5.74, 6) is 0.700. The smallest absolute Gasteiger partial charge is 0.243 e. The van der Waals surface area contributed by atoms with Crippen molar-refractivity contribution in [2.24, 2.45) is 0 Å². The number of nitrogens with one attached hydrogen (secondary N) is 2. The Balaban J connectivity index is 2.06. The molecule has 0 bridgehead atoms. The fourth-order valence-electron chi connectivity index (χ4n) is 2.01. The van der Waals surface area contributed by atoms with Gasteiger partial charge >= 0.3 is 0 Å². The van der Waals surface area contributed by atoms with Gasteiger partial charge in [0.05, 0.1) is 31.5 Å². The van der Waals surface area contributed by atoms with Gasteiger partial charge in [-0.15, -0.1) is 0 Å². The monoisotopic (exact) mass is 388 g/mol. The molecule has 24 heavy (non-hydrogen) atoms. The van der Waals surface area contributed by atoms with Crippen LogP contribution < -0.4 is 20.1 Å². The van der Waals surface area contributed by atoms with Crippen molar-refractivity contribution in [2.45, 2.75) is 0 Å². The lowest BCUT2D eigenvalue weighted by atomic mass is 10.2. The van der Waals surface area contributed by atoms with Crippen molar-refractivity contribution >= 4 is 52.1 Å². The van der Waals surface area contributed by atoms with Crippen LogP contribution >= 0.6 is 34.8 Å². The number of hydrogen-bond donors (Lipinski definition) is 2. The minimum Gasteiger partial charge on any atom is -0.495 e. The van der Waals surface area contributed by atoms with Gasteiger partial charge in [0.15, 0.2) is 0 Å². The second-order valence-electron chi connectivity index (χ2n) is 4.75. The number of methoxy groups -OCH3 is 2. The van der Waals surface area contributed by atoms with Crippen molar-refractivity contribution < 1.29 is 14.3 Å². The van der Waals surface area contributed by atoms with Crippen LogP contribution in [0.15, 0.2) is 30.3 Å². The van der Waals surface area contributed by atoms with Crippen LogP contribution in [-0.2, 0) is 4.79 Å². The van der Waals surface area contributed by atoms with Crippen LogP contribution in [0.1, 0.15) is 0 Å². The molecule has 2 N–H and O–H groups in total. The number of amides is 1. The number of hydrogen-bond acceptors (Lipinski definition) is 4. The summed E-state index contributed by atoms with van der Waals surface area (Å²) in [4.78, 5) is 12.1. The number of ether oxygens (including phenoxy) is 2. The first-order valence-electron chi connectivity index (χ1n) is 6.84. The van der Waals surface area contributed by atoms with Crippen molar-refractivity contribution in [3.8, 4) is 11.5 Å². The standard InChI is InChI=1S/C16H15Cl3N2O3/c1-23-14-7-13(15(24-2)6-12(14)19)20-8-16(22)21-11-4-9(17)3-10(18)5-11/h3-7,20H,8H2,1-2H3,(H,21,22). The molecule has 0 spiro atoms. The third-order valence-electron chi connectivity index (χ3n) is 3.06. The highest BCUT2D eigenvalue weighted by Gasteiger charge is 2.11. The molecule has 0 heterocycles. The SMILES string of the molecule is COc1cc(NCC(=O)Nc2cc(Cl)cc(Cl)c2)c(OC)cc1Cl. The number of halogens is 3. The summed E-state index contributed by atoms with van der Waals surface area (Å²) in [5, 5.41) is 6.97. The molecular formula is C16H15Cl3N2O3. The molecule has 8 heteroatoms. The molecule has 128 valence electrons. The van der Waals surface area contributed by atoms with Crippen molar-refractivity contribution in [1.82, 2.24) is 0 Å². The van der Waals surface area contributed by atoms with Crippen LogP contribution in [0.3, 0.4) is 0 Å². The topological polar surface area (TPSA) is 59.6 Å². The fourth-order valence-corrected chi connectivity index (χ4v) is 2.76. The minimum absolute atomic E-state index is 0.00524.